The lowest BCUT2D eigenvalue weighted by Crippen LogP contribution is -1.91. The van der Waals surface area contributed by atoms with Crippen molar-refractivity contribution in [3.8, 4) is 0 Å². The number of hydrogen-bond donors (Lipinski definition) is 0. The van der Waals surface area contributed by atoms with Crippen LogP contribution in [0.2, 0.25) is 0 Å². The van der Waals surface area contributed by atoms with Gasteiger partial charge in [-0.05, 0) is 11.6 Å². The van der Waals surface area contributed by atoms with Crippen molar-refractivity contribution in [1.82, 2.24) is 0 Å². The number of benzene rings is 1. The van der Waals surface area contributed by atoms with Crippen LogP contribution in [0.15, 0.2) is 52.1 Å². The van der Waals surface area contributed by atoms with Gasteiger partial charge in [-0.3, -0.25) is 0 Å². The molecule has 1 aliphatic rings. The molecule has 1 aliphatic heterocycles. The zero-order valence-electron chi connectivity index (χ0n) is 8.06. The lowest BCUT2D eigenvalue weighted by Gasteiger charge is -1.95. The summed E-state index contributed by atoms with van der Waals surface area (Å²) in [7, 11) is 0. The number of ether oxygens (including phenoxy) is 1. The van der Waals surface area contributed by atoms with E-state index in [0.717, 1.165) is 11.3 Å². The van der Waals surface area contributed by atoms with E-state index < -0.39 is 0 Å². The minimum absolute atomic E-state index is 0.611. The Kier molecular flexibility index (Phi) is 3.35. The number of aliphatic imine (C=N–C) groups is 1. The highest BCUT2D eigenvalue weighted by Crippen LogP contribution is 2.12. The third-order valence-corrected chi connectivity index (χ3v) is 2.48. The minimum atomic E-state index is 0.611. The van der Waals surface area contributed by atoms with Crippen molar-refractivity contribution in [3.63, 3.8) is 0 Å². The summed E-state index contributed by atoms with van der Waals surface area (Å²) >= 11 is 3.22. The van der Waals surface area contributed by atoms with E-state index >= 15 is 0 Å². The molecule has 0 atom stereocenters. The van der Waals surface area contributed by atoms with E-state index in [2.05, 4.69) is 20.9 Å². The quantitative estimate of drug-likeness (QED) is 0.802. The Morgan fingerprint density at radius 2 is 2.00 bits per heavy atom. The smallest absolute Gasteiger partial charge is 0.214 e. The maximum atomic E-state index is 5.41. The predicted molar refractivity (Wildman–Crippen MR) is 65.9 cm³/mol. The fourth-order valence-corrected chi connectivity index (χ4v) is 1.47. The third-order valence-electron chi connectivity index (χ3n) is 1.97. The van der Waals surface area contributed by atoms with Gasteiger partial charge in [0, 0.05) is 11.1 Å². The molecular weight excluding hydrogens is 254 g/mol. The second-order valence-corrected chi connectivity index (χ2v) is 3.53. The van der Waals surface area contributed by atoms with Crippen LogP contribution in [0.3, 0.4) is 0 Å². The molecule has 0 unspecified atom stereocenters. The Morgan fingerprint density at radius 1 is 1.20 bits per heavy atom. The van der Waals surface area contributed by atoms with Crippen LogP contribution in [-0.2, 0) is 4.74 Å². The van der Waals surface area contributed by atoms with Crippen LogP contribution in [0.25, 0.3) is 6.08 Å². The van der Waals surface area contributed by atoms with Gasteiger partial charge in [-0.25, -0.2) is 4.99 Å². The molecule has 0 N–H and O–H groups in total. The summed E-state index contributed by atoms with van der Waals surface area (Å²) in [6.45, 7) is 0.611. The molecule has 1 aromatic rings. The summed E-state index contributed by atoms with van der Waals surface area (Å²) < 4.78 is 5.41. The molecule has 3 heteroatoms. The first-order valence-electron chi connectivity index (χ1n) is 4.63. The van der Waals surface area contributed by atoms with Gasteiger partial charge in [-0.1, -0.05) is 46.3 Å². The topological polar surface area (TPSA) is 21.6 Å². The third kappa shape index (κ3) is 2.80. The van der Waals surface area contributed by atoms with Gasteiger partial charge in [0.25, 0.3) is 0 Å². The van der Waals surface area contributed by atoms with Crippen molar-refractivity contribution in [2.45, 2.75) is 0 Å². The van der Waals surface area contributed by atoms with Crippen molar-refractivity contribution >= 4 is 27.9 Å². The van der Waals surface area contributed by atoms with Gasteiger partial charge in [0.2, 0.25) is 5.90 Å². The molecule has 0 fully saturated rings. The second kappa shape index (κ2) is 4.94. The fraction of sp³-hybridized carbons (Fsp3) is 0.0833. The van der Waals surface area contributed by atoms with E-state index in [1.807, 2.05) is 42.5 Å². The van der Waals surface area contributed by atoms with Crippen molar-refractivity contribution in [1.29, 1.82) is 0 Å². The zero-order chi connectivity index (χ0) is 10.5. The van der Waals surface area contributed by atoms with E-state index in [0.29, 0.717) is 12.4 Å². The number of halogens is 1. The van der Waals surface area contributed by atoms with Gasteiger partial charge >= 0.3 is 0 Å². The Bertz CT molecular complexity index is 421. The van der Waals surface area contributed by atoms with Gasteiger partial charge < -0.3 is 4.74 Å². The van der Waals surface area contributed by atoms with E-state index in [9.17, 15) is 0 Å². The van der Waals surface area contributed by atoms with E-state index in [-0.39, 0.29) is 0 Å². The lowest BCUT2D eigenvalue weighted by atomic mass is 10.2. The normalized spacial score (nSPS) is 18.2. The largest absolute Gasteiger partial charge is 0.441 e. The van der Waals surface area contributed by atoms with Crippen LogP contribution in [0.4, 0.5) is 0 Å². The summed E-state index contributed by atoms with van der Waals surface area (Å²) in [5.41, 5.74) is 1.14. The molecule has 0 saturated carbocycles. The van der Waals surface area contributed by atoms with Crippen LogP contribution in [-0.4, -0.2) is 12.4 Å². The van der Waals surface area contributed by atoms with Crippen molar-refractivity contribution in [2.75, 3.05) is 6.54 Å². The Hall–Kier alpha value is -1.35. The molecular formula is C12H10BrNO. The summed E-state index contributed by atoms with van der Waals surface area (Å²) in [6, 6.07) is 10.1. The number of hydrogen-bond acceptors (Lipinski definition) is 2. The maximum absolute atomic E-state index is 5.41. The molecule has 0 radical (unpaired) electrons. The Balaban J connectivity index is 2.02. The predicted octanol–water partition coefficient (Wildman–Crippen LogP) is 3.36. The van der Waals surface area contributed by atoms with Crippen molar-refractivity contribution < 1.29 is 4.74 Å². The molecule has 0 saturated heterocycles. The van der Waals surface area contributed by atoms with Crippen LogP contribution in [0, 0.1) is 0 Å². The van der Waals surface area contributed by atoms with E-state index in [4.69, 9.17) is 4.74 Å². The highest BCUT2D eigenvalue weighted by Gasteiger charge is 2.08. The molecule has 0 amide bonds. The second-order valence-electron chi connectivity index (χ2n) is 3.08. The molecule has 0 aliphatic carbocycles. The minimum Gasteiger partial charge on any atom is -0.441 e. The van der Waals surface area contributed by atoms with Gasteiger partial charge in [0.15, 0.2) is 0 Å². The summed E-state index contributed by atoms with van der Waals surface area (Å²) in [5.74, 6) is 1.49. The maximum Gasteiger partial charge on any atom is 0.214 e. The van der Waals surface area contributed by atoms with Crippen LogP contribution >= 0.6 is 15.9 Å². The molecule has 0 bridgehead atoms. The molecule has 0 aromatic heterocycles. The Morgan fingerprint density at radius 3 is 2.67 bits per heavy atom. The summed E-state index contributed by atoms with van der Waals surface area (Å²) in [5, 5.41) is 0. The van der Waals surface area contributed by atoms with Crippen LogP contribution in [0.1, 0.15) is 5.56 Å². The first-order valence-corrected chi connectivity index (χ1v) is 5.55. The summed E-state index contributed by atoms with van der Waals surface area (Å²) in [4.78, 5) is 5.96. The Labute approximate surface area is 97.1 Å². The molecule has 76 valence electrons. The van der Waals surface area contributed by atoms with Crippen molar-refractivity contribution in [3.05, 3.63) is 52.7 Å². The zero-order valence-corrected chi connectivity index (χ0v) is 9.65. The van der Waals surface area contributed by atoms with E-state index in [1.165, 1.54) is 0 Å². The van der Waals surface area contributed by atoms with Gasteiger partial charge in [0.1, 0.15) is 12.3 Å². The molecule has 15 heavy (non-hydrogen) atoms. The molecule has 1 heterocycles. The first kappa shape index (κ1) is 10.2. The van der Waals surface area contributed by atoms with Gasteiger partial charge in [-0.2, -0.15) is 0 Å². The molecule has 2 rings (SSSR count). The average Bonchev–Trinajstić information content (AvgIpc) is 2.76. The van der Waals surface area contributed by atoms with Gasteiger partial charge in [-0.15, -0.1) is 0 Å². The molecule has 1 aromatic carbocycles. The highest BCUT2D eigenvalue weighted by molar-refractivity contribution is 9.11. The number of rotatable bonds is 2. The molecule has 2 nitrogen and oxygen atoms in total. The van der Waals surface area contributed by atoms with Gasteiger partial charge in [0.05, 0.1) is 0 Å². The van der Waals surface area contributed by atoms with Crippen LogP contribution < -0.4 is 0 Å². The monoisotopic (exact) mass is 263 g/mol. The first-order chi connectivity index (χ1) is 7.38. The highest BCUT2D eigenvalue weighted by atomic mass is 79.9. The SMILES string of the molecule is Br/C=C1\CN=C(/C=C/c2ccccc2)O1. The fourth-order valence-electron chi connectivity index (χ4n) is 1.23. The van der Waals surface area contributed by atoms with E-state index in [1.54, 1.807) is 4.99 Å². The average molecular weight is 264 g/mol. The molecule has 0 spiro atoms. The standard InChI is InChI=1S/C12H10BrNO/c13-8-11-9-14-12(15-11)7-6-10-4-2-1-3-5-10/h1-8H,9H2/b7-6+,11-8+. The summed E-state index contributed by atoms with van der Waals surface area (Å²) in [6.07, 6.45) is 3.86. The number of nitrogens with zero attached hydrogens (tertiary/aromatic N) is 1. The lowest BCUT2D eigenvalue weighted by molar-refractivity contribution is 0.443. The van der Waals surface area contributed by atoms with Crippen molar-refractivity contribution in [2.24, 2.45) is 4.99 Å². The van der Waals surface area contributed by atoms with Crippen LogP contribution in [0.5, 0.6) is 0 Å².